The molecule has 21 heavy (non-hydrogen) atoms. The second kappa shape index (κ2) is 5.64. The summed E-state index contributed by atoms with van der Waals surface area (Å²) in [5, 5.41) is 0. The summed E-state index contributed by atoms with van der Waals surface area (Å²) >= 11 is 0. The monoisotopic (exact) mass is 289 g/mol. The van der Waals surface area contributed by atoms with E-state index in [4.69, 9.17) is 10.5 Å². The number of nitrogens with two attached hydrogens (primary N) is 1. The lowest BCUT2D eigenvalue weighted by molar-refractivity contribution is -0.0295. The van der Waals surface area contributed by atoms with Crippen molar-refractivity contribution >= 4 is 11.7 Å². The molecule has 1 spiro atoms. The van der Waals surface area contributed by atoms with Gasteiger partial charge >= 0.3 is 0 Å². The number of anilines is 1. The summed E-state index contributed by atoms with van der Waals surface area (Å²) in [6.45, 7) is 1.62. The molecule has 114 valence electrons. The van der Waals surface area contributed by atoms with Gasteiger partial charge in [0.05, 0.1) is 6.10 Å². The van der Waals surface area contributed by atoms with Crippen molar-refractivity contribution in [1.29, 1.82) is 0 Å². The third kappa shape index (κ3) is 2.62. The van der Waals surface area contributed by atoms with Gasteiger partial charge in [-0.15, -0.1) is 0 Å². The predicted molar refractivity (Wildman–Crippen MR) is 80.9 cm³/mol. The maximum atomic E-state index is 12.7. The topological polar surface area (TPSA) is 68.5 Å². The number of likely N-dealkylation sites (tertiary alicyclic amines) is 1. The molecule has 1 aromatic heterocycles. The molecule has 2 aliphatic rings. The largest absolute Gasteiger partial charge is 0.384 e. The van der Waals surface area contributed by atoms with Crippen LogP contribution in [0.1, 0.15) is 42.5 Å². The number of rotatable bonds is 2. The van der Waals surface area contributed by atoms with E-state index in [1.54, 1.807) is 25.4 Å². The average molecular weight is 289 g/mol. The summed E-state index contributed by atoms with van der Waals surface area (Å²) in [5.41, 5.74) is 6.47. The molecule has 0 aromatic carbocycles. The Morgan fingerprint density at radius 1 is 1.48 bits per heavy atom. The first-order chi connectivity index (χ1) is 10.1. The number of aromatic nitrogens is 1. The van der Waals surface area contributed by atoms with Gasteiger partial charge in [0, 0.05) is 37.4 Å². The Labute approximate surface area is 125 Å². The number of pyridine rings is 1. The van der Waals surface area contributed by atoms with Crippen LogP contribution >= 0.6 is 0 Å². The lowest BCUT2D eigenvalue weighted by atomic mass is 9.76. The summed E-state index contributed by atoms with van der Waals surface area (Å²) in [6, 6.07) is 3.40. The highest BCUT2D eigenvalue weighted by Gasteiger charge is 2.46. The van der Waals surface area contributed by atoms with Crippen LogP contribution in [0.25, 0.3) is 0 Å². The van der Waals surface area contributed by atoms with E-state index in [-0.39, 0.29) is 17.4 Å². The molecule has 2 heterocycles. The molecule has 1 saturated carbocycles. The molecule has 1 amide bonds. The summed E-state index contributed by atoms with van der Waals surface area (Å²) in [4.78, 5) is 18.6. The number of carbonyl (C=O) groups excluding carboxylic acids is 1. The zero-order valence-electron chi connectivity index (χ0n) is 12.5. The molecule has 0 bridgehead atoms. The fourth-order valence-electron chi connectivity index (χ4n) is 4.04. The fraction of sp³-hybridized carbons (Fsp3) is 0.625. The first kappa shape index (κ1) is 14.3. The molecule has 1 saturated heterocycles. The first-order valence-corrected chi connectivity index (χ1v) is 7.68. The first-order valence-electron chi connectivity index (χ1n) is 7.68. The van der Waals surface area contributed by atoms with E-state index >= 15 is 0 Å². The van der Waals surface area contributed by atoms with Crippen molar-refractivity contribution in [2.24, 2.45) is 5.41 Å². The number of nitrogens with zero attached hydrogens (tertiary/aromatic N) is 2. The fourth-order valence-corrected chi connectivity index (χ4v) is 4.04. The summed E-state index contributed by atoms with van der Waals surface area (Å²) in [6.07, 6.45) is 7.56. The number of hydrogen-bond donors (Lipinski definition) is 1. The maximum absolute atomic E-state index is 12.7. The Morgan fingerprint density at radius 3 is 3.05 bits per heavy atom. The van der Waals surface area contributed by atoms with Gasteiger partial charge in [-0.1, -0.05) is 6.42 Å². The van der Waals surface area contributed by atoms with Gasteiger partial charge in [0.2, 0.25) is 0 Å². The molecule has 5 nitrogen and oxygen atoms in total. The number of piperidine rings is 1. The van der Waals surface area contributed by atoms with Crippen LogP contribution in [0.4, 0.5) is 5.82 Å². The van der Waals surface area contributed by atoms with E-state index in [0.29, 0.717) is 11.4 Å². The van der Waals surface area contributed by atoms with Crippen LogP contribution in [0.5, 0.6) is 0 Å². The molecule has 0 radical (unpaired) electrons. The molecule has 3 rings (SSSR count). The molecule has 5 heteroatoms. The van der Waals surface area contributed by atoms with E-state index in [0.717, 1.165) is 38.8 Å². The number of hydrogen-bond acceptors (Lipinski definition) is 4. The number of carbonyl (C=O) groups is 1. The van der Waals surface area contributed by atoms with Crippen molar-refractivity contribution in [1.82, 2.24) is 9.88 Å². The second-order valence-corrected chi connectivity index (χ2v) is 6.28. The van der Waals surface area contributed by atoms with E-state index in [9.17, 15) is 4.79 Å². The molecule has 2 atom stereocenters. The minimum absolute atomic E-state index is 0.0601. The van der Waals surface area contributed by atoms with Gasteiger partial charge in [-0.05, 0) is 37.8 Å². The van der Waals surface area contributed by atoms with Crippen LogP contribution in [0, 0.1) is 5.41 Å². The zero-order chi connectivity index (χ0) is 14.9. The van der Waals surface area contributed by atoms with Crippen LogP contribution in [-0.4, -0.2) is 42.1 Å². The second-order valence-electron chi connectivity index (χ2n) is 6.28. The van der Waals surface area contributed by atoms with Crippen molar-refractivity contribution in [2.45, 2.75) is 38.2 Å². The van der Waals surface area contributed by atoms with Gasteiger partial charge in [-0.25, -0.2) is 4.98 Å². The van der Waals surface area contributed by atoms with Gasteiger partial charge in [0.15, 0.2) is 0 Å². The highest BCUT2D eigenvalue weighted by atomic mass is 16.5. The molecule has 2 fully saturated rings. The maximum Gasteiger partial charge on any atom is 0.254 e. The Hall–Kier alpha value is -1.62. The minimum Gasteiger partial charge on any atom is -0.384 e. The summed E-state index contributed by atoms with van der Waals surface area (Å²) < 4.78 is 5.69. The average Bonchev–Trinajstić information content (AvgIpc) is 2.88. The highest BCUT2D eigenvalue weighted by molar-refractivity contribution is 5.94. The zero-order valence-corrected chi connectivity index (χ0v) is 12.5. The number of nitrogen functional groups attached to an aromatic ring is 1. The van der Waals surface area contributed by atoms with Crippen LogP contribution in [0.3, 0.4) is 0 Å². The molecular weight excluding hydrogens is 266 g/mol. The Balaban J connectivity index is 1.78. The van der Waals surface area contributed by atoms with Crippen LogP contribution in [0.2, 0.25) is 0 Å². The molecule has 1 aromatic rings. The number of methoxy groups -OCH3 is 1. The minimum atomic E-state index is 0.0601. The van der Waals surface area contributed by atoms with Crippen molar-refractivity contribution in [3.63, 3.8) is 0 Å². The van der Waals surface area contributed by atoms with Gasteiger partial charge in [0.1, 0.15) is 5.82 Å². The molecule has 1 aliphatic carbocycles. The van der Waals surface area contributed by atoms with Crippen molar-refractivity contribution in [3.8, 4) is 0 Å². The molecule has 1 aliphatic heterocycles. The van der Waals surface area contributed by atoms with Crippen molar-refractivity contribution in [2.75, 3.05) is 25.9 Å². The van der Waals surface area contributed by atoms with Crippen molar-refractivity contribution < 1.29 is 9.53 Å². The lowest BCUT2D eigenvalue weighted by Crippen LogP contribution is -2.49. The quantitative estimate of drug-likeness (QED) is 0.905. The van der Waals surface area contributed by atoms with E-state index in [1.165, 1.54) is 6.42 Å². The predicted octanol–water partition coefficient (Wildman–Crippen LogP) is 2.09. The van der Waals surface area contributed by atoms with Gasteiger partial charge in [0.25, 0.3) is 5.91 Å². The van der Waals surface area contributed by atoms with Crippen molar-refractivity contribution in [3.05, 3.63) is 23.9 Å². The molecule has 0 unspecified atom stereocenters. The van der Waals surface area contributed by atoms with Crippen LogP contribution < -0.4 is 5.73 Å². The van der Waals surface area contributed by atoms with E-state index < -0.39 is 0 Å². The highest BCUT2D eigenvalue weighted by Crippen LogP contribution is 2.46. The number of amides is 1. The van der Waals surface area contributed by atoms with Gasteiger partial charge in [-0.3, -0.25) is 4.79 Å². The lowest BCUT2D eigenvalue weighted by Gasteiger charge is -2.43. The third-order valence-corrected chi connectivity index (χ3v) is 5.03. The Morgan fingerprint density at radius 2 is 2.29 bits per heavy atom. The summed E-state index contributed by atoms with van der Waals surface area (Å²) in [5.74, 6) is 0.452. The van der Waals surface area contributed by atoms with Crippen LogP contribution in [0.15, 0.2) is 18.3 Å². The van der Waals surface area contributed by atoms with Gasteiger partial charge in [-0.2, -0.15) is 0 Å². The smallest absolute Gasteiger partial charge is 0.254 e. The number of ether oxygens (including phenoxy) is 1. The van der Waals surface area contributed by atoms with Gasteiger partial charge < -0.3 is 15.4 Å². The molecule has 2 N–H and O–H groups in total. The summed E-state index contributed by atoms with van der Waals surface area (Å²) in [7, 11) is 1.79. The third-order valence-electron chi connectivity index (χ3n) is 5.03. The molecular formula is C16H23N3O2. The SMILES string of the molecule is CO[C@@H]1CCC[C@]12CCCN(C(=O)c1ccnc(N)c1)C2. The van der Waals surface area contributed by atoms with E-state index in [1.807, 2.05) is 4.90 Å². The standard InChI is InChI=1S/C16H23N3O2/c1-21-13-4-2-6-16(13)7-3-9-19(11-16)15(20)12-5-8-18-14(17)10-12/h5,8,10,13H,2-4,6-7,9,11H2,1H3,(H2,17,18)/t13-,16-/m1/s1. The van der Waals surface area contributed by atoms with Crippen LogP contribution in [-0.2, 0) is 4.74 Å². The Bertz CT molecular complexity index is 534. The Kier molecular flexibility index (Phi) is 3.85. The normalized spacial score (nSPS) is 29.0. The van der Waals surface area contributed by atoms with E-state index in [2.05, 4.69) is 4.98 Å².